The van der Waals surface area contributed by atoms with Crippen molar-refractivity contribution in [1.29, 1.82) is 0 Å². The quantitative estimate of drug-likeness (QED) is 0.263. The molecule has 6 nitrogen and oxygen atoms in total. The molecule has 0 spiro atoms. The number of nitrogens with zero attached hydrogens (tertiary/aromatic N) is 1. The van der Waals surface area contributed by atoms with Gasteiger partial charge in [-0.15, -0.1) is 0 Å². The number of primary amides is 1. The third-order valence-corrected chi connectivity index (χ3v) is 6.17. The van der Waals surface area contributed by atoms with Crippen LogP contribution in [0.15, 0.2) is 36.4 Å². The second kappa shape index (κ2) is 11.6. The molecule has 35 heavy (non-hydrogen) atoms. The number of nitrogens with two attached hydrogens (primary N) is 1. The maximum absolute atomic E-state index is 13.4. The lowest BCUT2D eigenvalue weighted by molar-refractivity contribution is 0.102. The summed E-state index contributed by atoms with van der Waals surface area (Å²) >= 11 is 0. The van der Waals surface area contributed by atoms with E-state index >= 15 is 0 Å². The van der Waals surface area contributed by atoms with Crippen LogP contribution in [0.2, 0.25) is 0 Å². The Morgan fingerprint density at radius 1 is 0.914 bits per heavy atom. The van der Waals surface area contributed by atoms with Crippen molar-refractivity contribution in [3.05, 3.63) is 53.1 Å². The first-order valence-corrected chi connectivity index (χ1v) is 12.6. The van der Waals surface area contributed by atoms with Gasteiger partial charge in [-0.25, -0.2) is 4.79 Å². The summed E-state index contributed by atoms with van der Waals surface area (Å²) in [4.78, 5) is 27.2. The number of rotatable bonds is 9. The predicted molar refractivity (Wildman–Crippen MR) is 146 cm³/mol. The molecule has 0 saturated carbocycles. The SMILES string of the molecule is CCCCCCCN(C(N)=O)c1ccccc1C(=O)Nc1cc(C(C)(C)C)c(O)c(C(C)(C)C)c1. The van der Waals surface area contributed by atoms with Gasteiger partial charge in [-0.3, -0.25) is 9.69 Å². The van der Waals surface area contributed by atoms with E-state index in [0.29, 0.717) is 23.5 Å². The van der Waals surface area contributed by atoms with Crippen molar-refractivity contribution in [3.8, 4) is 5.75 Å². The van der Waals surface area contributed by atoms with Crippen molar-refractivity contribution in [3.63, 3.8) is 0 Å². The second-order valence-electron chi connectivity index (χ2n) is 11.3. The Morgan fingerprint density at radius 3 is 1.97 bits per heavy atom. The minimum absolute atomic E-state index is 0.256. The van der Waals surface area contributed by atoms with Gasteiger partial charge in [0.1, 0.15) is 5.75 Å². The van der Waals surface area contributed by atoms with Crippen LogP contribution in [-0.4, -0.2) is 23.6 Å². The van der Waals surface area contributed by atoms with Gasteiger partial charge in [0.05, 0.1) is 11.3 Å². The number of nitrogens with one attached hydrogen (secondary N) is 1. The minimum atomic E-state index is -0.574. The molecule has 4 N–H and O–H groups in total. The molecule has 3 amide bonds. The van der Waals surface area contributed by atoms with E-state index in [2.05, 4.69) is 12.2 Å². The Bertz CT molecular complexity index is 997. The molecule has 192 valence electrons. The monoisotopic (exact) mass is 481 g/mol. The summed E-state index contributed by atoms with van der Waals surface area (Å²) in [6, 6.07) is 10.1. The molecule has 0 saturated heterocycles. The number of hydrogen-bond acceptors (Lipinski definition) is 3. The smallest absolute Gasteiger partial charge is 0.319 e. The molecule has 0 aliphatic rings. The van der Waals surface area contributed by atoms with Crippen molar-refractivity contribution in [2.75, 3.05) is 16.8 Å². The fraction of sp³-hybridized carbons (Fsp3) is 0.517. The Labute approximate surface area is 210 Å². The number of amides is 3. The number of hydrogen-bond donors (Lipinski definition) is 3. The average Bonchev–Trinajstić information content (AvgIpc) is 2.75. The molecule has 0 unspecified atom stereocenters. The topological polar surface area (TPSA) is 95.7 Å². The maximum atomic E-state index is 13.4. The third kappa shape index (κ3) is 7.48. The fourth-order valence-electron chi connectivity index (χ4n) is 4.17. The van der Waals surface area contributed by atoms with Crippen LogP contribution in [0.25, 0.3) is 0 Å². The molecular formula is C29H43N3O3. The van der Waals surface area contributed by atoms with Gasteiger partial charge in [0.25, 0.3) is 5.91 Å². The van der Waals surface area contributed by atoms with E-state index < -0.39 is 6.03 Å². The molecule has 2 aromatic carbocycles. The highest BCUT2D eigenvalue weighted by Gasteiger charge is 2.27. The molecule has 0 atom stereocenters. The van der Waals surface area contributed by atoms with Gasteiger partial charge in [-0.05, 0) is 41.5 Å². The number of phenolic OH excluding ortho intramolecular Hbond substituents is 1. The highest BCUT2D eigenvalue weighted by atomic mass is 16.3. The Balaban J connectivity index is 2.40. The van der Waals surface area contributed by atoms with Crippen molar-refractivity contribution >= 4 is 23.3 Å². The number of unbranched alkanes of at least 4 members (excludes halogenated alkanes) is 4. The fourth-order valence-corrected chi connectivity index (χ4v) is 4.17. The van der Waals surface area contributed by atoms with Gasteiger partial charge in [-0.2, -0.15) is 0 Å². The molecule has 0 bridgehead atoms. The molecule has 6 heteroatoms. The van der Waals surface area contributed by atoms with E-state index in [1.165, 1.54) is 4.90 Å². The summed E-state index contributed by atoms with van der Waals surface area (Å²) in [7, 11) is 0. The van der Waals surface area contributed by atoms with Crippen LogP contribution in [0.4, 0.5) is 16.2 Å². The van der Waals surface area contributed by atoms with Crippen LogP contribution in [0, 0.1) is 0 Å². The standard InChI is InChI=1S/C29H43N3O3/c1-8-9-10-11-14-17-32(27(30)35)24-16-13-12-15-21(24)26(34)31-20-18-22(28(2,3)4)25(33)23(19-20)29(5,6)7/h12-13,15-16,18-19,33H,8-11,14,17H2,1-7H3,(H2,30,35)(H,31,34). The number of anilines is 2. The molecule has 0 aromatic heterocycles. The van der Waals surface area contributed by atoms with Crippen LogP contribution >= 0.6 is 0 Å². The van der Waals surface area contributed by atoms with E-state index in [1.54, 1.807) is 24.3 Å². The van der Waals surface area contributed by atoms with E-state index in [0.717, 1.165) is 43.2 Å². The number of urea groups is 1. The molecule has 0 fully saturated rings. The summed E-state index contributed by atoms with van der Waals surface area (Å²) in [6.07, 6.45) is 5.24. The molecule has 2 rings (SSSR count). The van der Waals surface area contributed by atoms with Crippen molar-refractivity contribution in [2.45, 2.75) is 91.4 Å². The average molecular weight is 482 g/mol. The summed E-state index contributed by atoms with van der Waals surface area (Å²) in [6.45, 7) is 14.8. The number of para-hydroxylation sites is 1. The lowest BCUT2D eigenvalue weighted by atomic mass is 9.79. The summed E-state index contributed by atoms with van der Waals surface area (Å²) < 4.78 is 0. The van der Waals surface area contributed by atoms with Crippen LogP contribution in [0.1, 0.15) is 102 Å². The van der Waals surface area contributed by atoms with Gasteiger partial charge >= 0.3 is 6.03 Å². The zero-order chi connectivity index (χ0) is 26.4. The molecule has 0 radical (unpaired) electrons. The molecular weight excluding hydrogens is 438 g/mol. The number of carbonyl (C=O) groups is 2. The summed E-state index contributed by atoms with van der Waals surface area (Å²) in [5.41, 5.74) is 8.08. The normalized spacial score (nSPS) is 11.9. The first-order valence-electron chi connectivity index (χ1n) is 12.6. The minimum Gasteiger partial charge on any atom is -0.507 e. The lowest BCUT2D eigenvalue weighted by Gasteiger charge is -2.28. The van der Waals surface area contributed by atoms with Crippen molar-refractivity contribution in [1.82, 2.24) is 0 Å². The van der Waals surface area contributed by atoms with Gasteiger partial charge < -0.3 is 16.2 Å². The van der Waals surface area contributed by atoms with Crippen LogP contribution in [0.3, 0.4) is 0 Å². The Morgan fingerprint density at radius 2 is 1.46 bits per heavy atom. The third-order valence-electron chi connectivity index (χ3n) is 6.17. The van der Waals surface area contributed by atoms with E-state index in [1.807, 2.05) is 53.7 Å². The second-order valence-corrected chi connectivity index (χ2v) is 11.3. The van der Waals surface area contributed by atoms with Gasteiger partial charge in [-0.1, -0.05) is 86.3 Å². The highest BCUT2D eigenvalue weighted by Crippen LogP contribution is 2.41. The molecule has 0 heterocycles. The highest BCUT2D eigenvalue weighted by molar-refractivity contribution is 6.10. The van der Waals surface area contributed by atoms with Gasteiger partial charge in [0, 0.05) is 23.4 Å². The number of aromatic hydroxyl groups is 1. The van der Waals surface area contributed by atoms with E-state index in [-0.39, 0.29) is 22.5 Å². The van der Waals surface area contributed by atoms with Crippen molar-refractivity contribution in [2.24, 2.45) is 5.73 Å². The number of phenols is 1. The zero-order valence-corrected chi connectivity index (χ0v) is 22.5. The Hall–Kier alpha value is -3.02. The largest absolute Gasteiger partial charge is 0.507 e. The van der Waals surface area contributed by atoms with Crippen LogP contribution in [0.5, 0.6) is 5.75 Å². The van der Waals surface area contributed by atoms with Gasteiger partial charge in [0.2, 0.25) is 0 Å². The van der Waals surface area contributed by atoms with Crippen LogP contribution in [-0.2, 0) is 10.8 Å². The zero-order valence-electron chi connectivity index (χ0n) is 22.5. The molecule has 0 aliphatic heterocycles. The predicted octanol–water partition coefficient (Wildman–Crippen LogP) is 7.10. The first-order chi connectivity index (χ1) is 16.3. The van der Waals surface area contributed by atoms with Crippen molar-refractivity contribution < 1.29 is 14.7 Å². The van der Waals surface area contributed by atoms with E-state index in [4.69, 9.17) is 5.73 Å². The summed E-state index contributed by atoms with van der Waals surface area (Å²) in [5.74, 6) is -0.0744. The molecule has 0 aliphatic carbocycles. The van der Waals surface area contributed by atoms with Crippen LogP contribution < -0.4 is 16.0 Å². The Kier molecular flexibility index (Phi) is 9.36. The molecule has 2 aromatic rings. The lowest BCUT2D eigenvalue weighted by Crippen LogP contribution is -2.37. The van der Waals surface area contributed by atoms with Gasteiger partial charge in [0.15, 0.2) is 0 Å². The summed E-state index contributed by atoms with van der Waals surface area (Å²) in [5, 5.41) is 14.0. The maximum Gasteiger partial charge on any atom is 0.319 e. The first kappa shape index (κ1) is 28.2. The number of benzene rings is 2. The van der Waals surface area contributed by atoms with E-state index in [9.17, 15) is 14.7 Å². The number of carbonyl (C=O) groups excluding carboxylic acids is 2.